The molecule has 1 amide bonds. The van der Waals surface area contributed by atoms with Crippen LogP contribution in [0.3, 0.4) is 0 Å². The van der Waals surface area contributed by atoms with Crippen molar-refractivity contribution in [2.24, 2.45) is 0 Å². The summed E-state index contributed by atoms with van der Waals surface area (Å²) in [5.41, 5.74) is 6.21. The Kier molecular flexibility index (Phi) is 8.38. The number of hydrogen-bond donors (Lipinski definition) is 1. The van der Waals surface area contributed by atoms with Gasteiger partial charge in [0.05, 0.1) is 0 Å². The third kappa shape index (κ3) is 6.48. The van der Waals surface area contributed by atoms with Crippen LogP contribution >= 0.6 is 11.6 Å². The fourth-order valence-corrected chi connectivity index (χ4v) is 4.86. The van der Waals surface area contributed by atoms with Gasteiger partial charge in [0.15, 0.2) is 0 Å². The Hall–Kier alpha value is -4.67. The molecule has 5 aromatic carbocycles. The van der Waals surface area contributed by atoms with Gasteiger partial charge in [0, 0.05) is 23.6 Å². The second-order valence-electron chi connectivity index (χ2n) is 9.62. The molecular weight excluding hydrogens is 518 g/mol. The number of hydrogen-bond acceptors (Lipinski definition) is 2. The van der Waals surface area contributed by atoms with Crippen molar-refractivity contribution < 1.29 is 14.7 Å². The third-order valence-electron chi connectivity index (χ3n) is 6.92. The van der Waals surface area contributed by atoms with Crippen LogP contribution in [-0.2, 0) is 17.8 Å². The summed E-state index contributed by atoms with van der Waals surface area (Å²) in [6.07, 6.45) is 0.172. The van der Waals surface area contributed by atoms with E-state index in [1.807, 2.05) is 109 Å². The summed E-state index contributed by atoms with van der Waals surface area (Å²) in [5.74, 6) is -1.40. The first-order valence-electron chi connectivity index (χ1n) is 13.1. The standard InChI is InChI=1S/C35H28ClNO3/c36-32-21-13-26(14-22-32)24-37(34(38)31-19-17-30(18-20-31)28-9-5-2-6-10-28)33(35(39)40)23-25-11-15-29(16-12-25)27-7-3-1-4-8-27/h1-22,33H,23-24H2,(H,39,40). The molecule has 0 saturated heterocycles. The fraction of sp³-hybridized carbons (Fsp3) is 0.0857. The molecule has 0 aromatic heterocycles. The Morgan fingerprint density at radius 2 is 1.05 bits per heavy atom. The Morgan fingerprint density at radius 1 is 0.600 bits per heavy atom. The molecule has 0 fully saturated rings. The van der Waals surface area contributed by atoms with Crippen molar-refractivity contribution in [2.45, 2.75) is 19.0 Å². The van der Waals surface area contributed by atoms with Crippen LogP contribution < -0.4 is 0 Å². The second kappa shape index (κ2) is 12.5. The smallest absolute Gasteiger partial charge is 0.326 e. The molecule has 5 heteroatoms. The number of carbonyl (C=O) groups excluding carboxylic acids is 1. The summed E-state index contributed by atoms with van der Waals surface area (Å²) in [4.78, 5) is 28.0. The maximum atomic E-state index is 13.9. The molecule has 0 saturated carbocycles. The number of rotatable bonds is 9. The molecule has 0 aliphatic rings. The Morgan fingerprint density at radius 3 is 1.55 bits per heavy atom. The first-order chi connectivity index (χ1) is 19.5. The van der Waals surface area contributed by atoms with Crippen LogP contribution in [0, 0.1) is 0 Å². The summed E-state index contributed by atoms with van der Waals surface area (Å²) in [6.45, 7) is 0.134. The molecule has 1 unspecified atom stereocenters. The largest absolute Gasteiger partial charge is 0.480 e. The Labute approximate surface area is 239 Å². The quantitative estimate of drug-likeness (QED) is 0.204. The van der Waals surface area contributed by atoms with Gasteiger partial charge in [-0.2, -0.15) is 0 Å². The average molecular weight is 546 g/mol. The number of halogens is 1. The maximum Gasteiger partial charge on any atom is 0.326 e. The third-order valence-corrected chi connectivity index (χ3v) is 7.17. The summed E-state index contributed by atoms with van der Waals surface area (Å²) < 4.78 is 0. The Bertz CT molecular complexity index is 1570. The van der Waals surface area contributed by atoms with Crippen LogP contribution in [0.4, 0.5) is 0 Å². The van der Waals surface area contributed by atoms with E-state index < -0.39 is 12.0 Å². The van der Waals surface area contributed by atoms with Crippen molar-refractivity contribution in [3.63, 3.8) is 0 Å². The van der Waals surface area contributed by atoms with Crippen molar-refractivity contribution in [3.05, 3.63) is 155 Å². The molecule has 0 aliphatic heterocycles. The van der Waals surface area contributed by atoms with Gasteiger partial charge in [0.1, 0.15) is 6.04 Å². The van der Waals surface area contributed by atoms with E-state index >= 15 is 0 Å². The zero-order chi connectivity index (χ0) is 27.9. The number of carbonyl (C=O) groups is 2. The Balaban J connectivity index is 1.44. The molecule has 198 valence electrons. The molecule has 1 N–H and O–H groups in total. The normalized spacial score (nSPS) is 11.5. The van der Waals surface area contributed by atoms with Gasteiger partial charge in [0.25, 0.3) is 5.91 Å². The number of nitrogens with zero attached hydrogens (tertiary/aromatic N) is 1. The van der Waals surface area contributed by atoms with Crippen molar-refractivity contribution >= 4 is 23.5 Å². The molecule has 0 heterocycles. The summed E-state index contributed by atoms with van der Waals surface area (Å²) in [5, 5.41) is 10.9. The summed E-state index contributed by atoms with van der Waals surface area (Å²) >= 11 is 6.07. The van der Waals surface area contributed by atoms with Crippen LogP contribution in [-0.4, -0.2) is 27.9 Å². The van der Waals surface area contributed by atoms with E-state index in [0.717, 1.165) is 33.4 Å². The van der Waals surface area contributed by atoms with E-state index in [1.54, 1.807) is 24.3 Å². The highest BCUT2D eigenvalue weighted by atomic mass is 35.5. The second-order valence-corrected chi connectivity index (χ2v) is 10.1. The monoisotopic (exact) mass is 545 g/mol. The molecule has 0 bridgehead atoms. The van der Waals surface area contributed by atoms with Gasteiger partial charge >= 0.3 is 5.97 Å². The zero-order valence-corrected chi connectivity index (χ0v) is 22.5. The van der Waals surface area contributed by atoms with Crippen LogP contribution in [0.5, 0.6) is 0 Å². The van der Waals surface area contributed by atoms with E-state index in [2.05, 4.69) is 0 Å². The summed E-state index contributed by atoms with van der Waals surface area (Å²) in [6, 6.07) is 41.1. The van der Waals surface area contributed by atoms with Crippen molar-refractivity contribution in [1.82, 2.24) is 4.90 Å². The number of benzene rings is 5. The predicted octanol–water partition coefficient (Wildman–Crippen LogP) is 8.01. The molecule has 0 radical (unpaired) electrons. The van der Waals surface area contributed by atoms with Gasteiger partial charge in [-0.1, -0.05) is 121 Å². The first kappa shape index (κ1) is 26.9. The van der Waals surface area contributed by atoms with E-state index in [0.29, 0.717) is 10.6 Å². The SMILES string of the molecule is O=C(O)C(Cc1ccc(-c2ccccc2)cc1)N(Cc1ccc(Cl)cc1)C(=O)c1ccc(-c2ccccc2)cc1. The number of amides is 1. The minimum atomic E-state index is -1.07. The van der Waals surface area contributed by atoms with Crippen LogP contribution in [0.1, 0.15) is 21.5 Å². The van der Waals surface area contributed by atoms with Gasteiger partial charge < -0.3 is 10.0 Å². The van der Waals surface area contributed by atoms with Crippen LogP contribution in [0.25, 0.3) is 22.3 Å². The topological polar surface area (TPSA) is 57.6 Å². The fourth-order valence-electron chi connectivity index (χ4n) is 4.73. The lowest BCUT2D eigenvalue weighted by atomic mass is 9.98. The van der Waals surface area contributed by atoms with Gasteiger partial charge in [0.2, 0.25) is 0 Å². The highest BCUT2D eigenvalue weighted by Crippen LogP contribution is 2.24. The molecule has 1 atom stereocenters. The van der Waals surface area contributed by atoms with Crippen molar-refractivity contribution in [3.8, 4) is 22.3 Å². The highest BCUT2D eigenvalue weighted by Gasteiger charge is 2.31. The molecule has 4 nitrogen and oxygen atoms in total. The average Bonchev–Trinajstić information content (AvgIpc) is 3.00. The van der Waals surface area contributed by atoms with E-state index in [1.165, 1.54) is 4.90 Å². The lowest BCUT2D eigenvalue weighted by Gasteiger charge is -2.29. The van der Waals surface area contributed by atoms with E-state index in [-0.39, 0.29) is 18.9 Å². The lowest BCUT2D eigenvalue weighted by Crippen LogP contribution is -2.46. The molecule has 0 spiro atoms. The van der Waals surface area contributed by atoms with E-state index in [9.17, 15) is 14.7 Å². The molecule has 0 aliphatic carbocycles. The maximum absolute atomic E-state index is 13.9. The molecule has 5 aromatic rings. The van der Waals surface area contributed by atoms with Gasteiger partial charge in [-0.15, -0.1) is 0 Å². The predicted molar refractivity (Wildman–Crippen MR) is 160 cm³/mol. The molecule has 40 heavy (non-hydrogen) atoms. The number of aliphatic carboxylic acids is 1. The van der Waals surface area contributed by atoms with Crippen molar-refractivity contribution in [2.75, 3.05) is 0 Å². The van der Waals surface area contributed by atoms with Crippen molar-refractivity contribution in [1.29, 1.82) is 0 Å². The van der Waals surface area contributed by atoms with Gasteiger partial charge in [-0.05, 0) is 57.6 Å². The van der Waals surface area contributed by atoms with Gasteiger partial charge in [-0.25, -0.2) is 4.79 Å². The molecule has 5 rings (SSSR count). The lowest BCUT2D eigenvalue weighted by molar-refractivity contribution is -0.142. The number of carboxylic acids is 1. The molecular formula is C35H28ClNO3. The first-order valence-corrected chi connectivity index (χ1v) is 13.4. The zero-order valence-electron chi connectivity index (χ0n) is 21.8. The minimum Gasteiger partial charge on any atom is -0.480 e. The summed E-state index contributed by atoms with van der Waals surface area (Å²) in [7, 11) is 0. The minimum absolute atomic E-state index is 0.134. The van der Waals surface area contributed by atoms with Crippen LogP contribution in [0.15, 0.2) is 133 Å². The number of carboxylic acid groups (broad SMARTS) is 1. The van der Waals surface area contributed by atoms with Crippen LogP contribution in [0.2, 0.25) is 5.02 Å². The van der Waals surface area contributed by atoms with E-state index in [4.69, 9.17) is 11.6 Å². The van der Waals surface area contributed by atoms with Gasteiger partial charge in [-0.3, -0.25) is 4.79 Å². The highest BCUT2D eigenvalue weighted by molar-refractivity contribution is 6.30.